The number of para-hydroxylation sites is 1. The number of fused-ring (bicyclic) bond motifs is 1. The van der Waals surface area contributed by atoms with Gasteiger partial charge >= 0.3 is 0 Å². The summed E-state index contributed by atoms with van der Waals surface area (Å²) in [6, 6.07) is 7.47. The summed E-state index contributed by atoms with van der Waals surface area (Å²) in [5.41, 5.74) is 1.29. The predicted molar refractivity (Wildman–Crippen MR) is 74.7 cm³/mol. The molecule has 19 heavy (non-hydrogen) atoms. The van der Waals surface area contributed by atoms with E-state index >= 15 is 0 Å². The fourth-order valence-electron chi connectivity index (χ4n) is 1.78. The van der Waals surface area contributed by atoms with Crippen molar-refractivity contribution in [3.05, 3.63) is 36.1 Å². The molecule has 5 heteroatoms. The Kier molecular flexibility index (Phi) is 5.24. The number of ether oxygens (including phenoxy) is 1. The summed E-state index contributed by atoms with van der Waals surface area (Å²) in [7, 11) is 0. The van der Waals surface area contributed by atoms with Crippen LogP contribution in [-0.2, 0) is 4.74 Å². The molecule has 1 aromatic carbocycles. The number of carbonyl (C=O) groups is 1. The van der Waals surface area contributed by atoms with E-state index in [-0.39, 0.29) is 5.91 Å². The second-order valence-corrected chi connectivity index (χ2v) is 4.43. The Labute approximate surface area is 116 Å². The first-order valence-corrected chi connectivity index (χ1v) is 6.74. The molecule has 0 atom stereocenters. The fourth-order valence-corrected chi connectivity index (χ4v) is 1.89. The highest BCUT2D eigenvalue weighted by Crippen LogP contribution is 2.20. The Morgan fingerprint density at radius 3 is 3.00 bits per heavy atom. The Hall–Kier alpha value is -1.52. The van der Waals surface area contributed by atoms with Gasteiger partial charge in [0.15, 0.2) is 0 Å². The van der Waals surface area contributed by atoms with Gasteiger partial charge in [0.1, 0.15) is 11.8 Å². The molecule has 0 aliphatic heterocycles. The van der Waals surface area contributed by atoms with Crippen LogP contribution in [0.4, 0.5) is 0 Å². The first kappa shape index (κ1) is 13.9. The van der Waals surface area contributed by atoms with E-state index in [2.05, 4.69) is 5.32 Å². The number of furan rings is 1. The van der Waals surface area contributed by atoms with E-state index in [4.69, 9.17) is 20.8 Å². The molecule has 0 aliphatic rings. The van der Waals surface area contributed by atoms with E-state index in [1.165, 1.54) is 6.26 Å². The summed E-state index contributed by atoms with van der Waals surface area (Å²) >= 11 is 5.48. The lowest BCUT2D eigenvalue weighted by Crippen LogP contribution is -2.25. The van der Waals surface area contributed by atoms with Crippen LogP contribution in [0.15, 0.2) is 34.9 Å². The lowest BCUT2D eigenvalue weighted by molar-refractivity contribution is 0.0945. The molecule has 0 spiro atoms. The van der Waals surface area contributed by atoms with Crippen molar-refractivity contribution in [3.63, 3.8) is 0 Å². The van der Waals surface area contributed by atoms with Gasteiger partial charge in [-0.05, 0) is 12.5 Å². The van der Waals surface area contributed by atoms with Crippen LogP contribution in [0.3, 0.4) is 0 Å². The monoisotopic (exact) mass is 281 g/mol. The van der Waals surface area contributed by atoms with Gasteiger partial charge in [0.05, 0.1) is 12.2 Å². The molecular formula is C14H16ClNO3. The summed E-state index contributed by atoms with van der Waals surface area (Å²) in [6.07, 6.45) is 2.25. The topological polar surface area (TPSA) is 51.5 Å². The van der Waals surface area contributed by atoms with E-state index in [1.807, 2.05) is 24.3 Å². The zero-order valence-corrected chi connectivity index (χ0v) is 11.3. The largest absolute Gasteiger partial charge is 0.463 e. The van der Waals surface area contributed by atoms with Gasteiger partial charge in [-0.2, -0.15) is 0 Å². The second-order valence-electron chi connectivity index (χ2n) is 4.06. The van der Waals surface area contributed by atoms with Gasteiger partial charge in [0.25, 0.3) is 5.91 Å². The van der Waals surface area contributed by atoms with Gasteiger partial charge in [-0.1, -0.05) is 18.2 Å². The third-order valence-electron chi connectivity index (χ3n) is 2.70. The van der Waals surface area contributed by atoms with Crippen LogP contribution in [0.2, 0.25) is 0 Å². The van der Waals surface area contributed by atoms with Crippen molar-refractivity contribution in [1.82, 2.24) is 5.32 Å². The van der Waals surface area contributed by atoms with Crippen LogP contribution in [0.1, 0.15) is 16.8 Å². The van der Waals surface area contributed by atoms with E-state index < -0.39 is 0 Å². The lowest BCUT2D eigenvalue weighted by Gasteiger charge is -2.04. The average molecular weight is 282 g/mol. The van der Waals surface area contributed by atoms with E-state index in [0.717, 1.165) is 17.4 Å². The number of carbonyl (C=O) groups excluding carboxylic acids is 1. The number of nitrogens with one attached hydrogen (secondary N) is 1. The molecule has 0 aliphatic carbocycles. The van der Waals surface area contributed by atoms with E-state index in [1.54, 1.807) is 0 Å². The van der Waals surface area contributed by atoms with Crippen molar-refractivity contribution in [1.29, 1.82) is 0 Å². The molecule has 1 amide bonds. The number of rotatable bonds is 7. The zero-order chi connectivity index (χ0) is 13.5. The maximum absolute atomic E-state index is 12.0. The zero-order valence-electron chi connectivity index (χ0n) is 10.5. The van der Waals surface area contributed by atoms with Crippen molar-refractivity contribution in [2.75, 3.05) is 25.6 Å². The molecule has 1 aromatic heterocycles. The molecule has 4 nitrogen and oxygen atoms in total. The quantitative estimate of drug-likeness (QED) is 0.627. The highest BCUT2D eigenvalue weighted by atomic mass is 35.5. The Bertz CT molecular complexity index is 538. The molecule has 2 aromatic rings. The summed E-state index contributed by atoms with van der Waals surface area (Å²) < 4.78 is 10.6. The van der Waals surface area contributed by atoms with Gasteiger partial charge in [-0.3, -0.25) is 4.79 Å². The maximum atomic E-state index is 12.0. The Morgan fingerprint density at radius 2 is 2.16 bits per heavy atom. The molecule has 1 heterocycles. The first-order chi connectivity index (χ1) is 9.33. The molecule has 2 rings (SSSR count). The summed E-state index contributed by atoms with van der Waals surface area (Å²) in [5, 5.41) is 3.67. The molecular weight excluding hydrogens is 266 g/mol. The molecule has 0 fully saturated rings. The molecule has 0 saturated carbocycles. The van der Waals surface area contributed by atoms with Crippen LogP contribution in [0, 0.1) is 0 Å². The van der Waals surface area contributed by atoms with Gasteiger partial charge in [0.2, 0.25) is 0 Å². The standard InChI is InChI=1S/C14H16ClNO3/c15-6-9-18-8-3-7-16-14(17)12-10-19-13-5-2-1-4-11(12)13/h1-2,4-5,10H,3,6-9H2,(H,16,17). The van der Waals surface area contributed by atoms with Crippen molar-refractivity contribution >= 4 is 28.5 Å². The summed E-state index contributed by atoms with van der Waals surface area (Å²) in [6.45, 7) is 1.71. The minimum Gasteiger partial charge on any atom is -0.463 e. The van der Waals surface area contributed by atoms with Crippen LogP contribution in [-0.4, -0.2) is 31.5 Å². The number of alkyl halides is 1. The molecule has 0 unspecified atom stereocenters. The van der Waals surface area contributed by atoms with Gasteiger partial charge in [-0.25, -0.2) is 0 Å². The third-order valence-corrected chi connectivity index (χ3v) is 2.85. The molecule has 0 saturated heterocycles. The second kappa shape index (κ2) is 7.16. The SMILES string of the molecule is O=C(NCCCOCCCl)c1coc2ccccc12. The molecule has 1 N–H and O–H groups in total. The smallest absolute Gasteiger partial charge is 0.255 e. The summed E-state index contributed by atoms with van der Waals surface area (Å²) in [4.78, 5) is 12.0. The van der Waals surface area contributed by atoms with Gasteiger partial charge < -0.3 is 14.5 Å². The number of benzene rings is 1. The average Bonchev–Trinajstić information content (AvgIpc) is 2.86. The van der Waals surface area contributed by atoms with Crippen LogP contribution >= 0.6 is 11.6 Å². The van der Waals surface area contributed by atoms with Crippen LogP contribution in [0.5, 0.6) is 0 Å². The normalized spacial score (nSPS) is 10.8. The van der Waals surface area contributed by atoms with Crippen LogP contribution in [0.25, 0.3) is 11.0 Å². The molecule has 0 radical (unpaired) electrons. The minimum absolute atomic E-state index is 0.123. The molecule has 102 valence electrons. The Balaban J connectivity index is 1.83. The highest BCUT2D eigenvalue weighted by molar-refractivity contribution is 6.17. The molecule has 0 bridgehead atoms. The predicted octanol–water partition coefficient (Wildman–Crippen LogP) is 2.81. The van der Waals surface area contributed by atoms with Crippen molar-refractivity contribution < 1.29 is 13.9 Å². The van der Waals surface area contributed by atoms with E-state index in [9.17, 15) is 4.79 Å². The number of halogens is 1. The number of amides is 1. The lowest BCUT2D eigenvalue weighted by atomic mass is 10.1. The summed E-state index contributed by atoms with van der Waals surface area (Å²) in [5.74, 6) is 0.371. The van der Waals surface area contributed by atoms with Crippen molar-refractivity contribution in [2.45, 2.75) is 6.42 Å². The number of hydrogen-bond donors (Lipinski definition) is 1. The maximum Gasteiger partial charge on any atom is 0.255 e. The van der Waals surface area contributed by atoms with Crippen molar-refractivity contribution in [3.8, 4) is 0 Å². The fraction of sp³-hybridized carbons (Fsp3) is 0.357. The first-order valence-electron chi connectivity index (χ1n) is 6.21. The number of hydrogen-bond acceptors (Lipinski definition) is 3. The Morgan fingerprint density at radius 1 is 1.32 bits per heavy atom. The highest BCUT2D eigenvalue weighted by Gasteiger charge is 2.12. The minimum atomic E-state index is -0.123. The van der Waals surface area contributed by atoms with Gasteiger partial charge in [-0.15, -0.1) is 11.6 Å². The van der Waals surface area contributed by atoms with Crippen LogP contribution < -0.4 is 5.32 Å². The third kappa shape index (κ3) is 3.72. The van der Waals surface area contributed by atoms with Crippen molar-refractivity contribution in [2.24, 2.45) is 0 Å². The van der Waals surface area contributed by atoms with Gasteiger partial charge in [0, 0.05) is 24.4 Å². The van der Waals surface area contributed by atoms with E-state index in [0.29, 0.717) is 31.2 Å².